The molecule has 1 N–H and O–H groups in total. The maximum absolute atomic E-state index is 13.2. The van der Waals surface area contributed by atoms with Crippen molar-refractivity contribution in [3.05, 3.63) is 84.1 Å². The molecule has 3 nitrogen and oxygen atoms in total. The summed E-state index contributed by atoms with van der Waals surface area (Å²) in [5.41, 5.74) is 2.10. The SMILES string of the molecule is O=C(/C=C/c1cccc2cnccc12)c1c[nH]c2cc(F)ccc12. The summed E-state index contributed by atoms with van der Waals surface area (Å²) in [5.74, 6) is -0.456. The molecule has 2 aromatic carbocycles. The Morgan fingerprint density at radius 1 is 1.12 bits per heavy atom. The normalized spacial score (nSPS) is 11.5. The first-order valence-corrected chi connectivity index (χ1v) is 7.54. The fraction of sp³-hybridized carbons (Fsp3) is 0. The first kappa shape index (κ1) is 14.3. The van der Waals surface area contributed by atoms with E-state index in [-0.39, 0.29) is 11.6 Å². The van der Waals surface area contributed by atoms with Crippen LogP contribution < -0.4 is 0 Å². The molecule has 116 valence electrons. The number of benzene rings is 2. The summed E-state index contributed by atoms with van der Waals surface area (Å²) in [6.45, 7) is 0. The first-order chi connectivity index (χ1) is 11.7. The van der Waals surface area contributed by atoms with Crippen LogP contribution in [0.5, 0.6) is 0 Å². The van der Waals surface area contributed by atoms with Gasteiger partial charge in [0, 0.05) is 40.4 Å². The van der Waals surface area contributed by atoms with Gasteiger partial charge in [0.25, 0.3) is 0 Å². The molecule has 2 aromatic heterocycles. The zero-order valence-electron chi connectivity index (χ0n) is 12.7. The maximum Gasteiger partial charge on any atom is 0.188 e. The molecule has 0 unspecified atom stereocenters. The van der Waals surface area contributed by atoms with Gasteiger partial charge in [-0.2, -0.15) is 0 Å². The lowest BCUT2D eigenvalue weighted by Gasteiger charge is -2.01. The molecule has 0 saturated heterocycles. The fourth-order valence-electron chi connectivity index (χ4n) is 2.85. The molecule has 0 aliphatic carbocycles. The molecular weight excluding hydrogens is 303 g/mol. The minimum absolute atomic E-state index is 0.126. The molecule has 24 heavy (non-hydrogen) atoms. The van der Waals surface area contributed by atoms with E-state index in [2.05, 4.69) is 9.97 Å². The number of pyridine rings is 1. The van der Waals surface area contributed by atoms with E-state index in [0.717, 1.165) is 16.3 Å². The third kappa shape index (κ3) is 2.48. The number of hydrogen-bond donors (Lipinski definition) is 1. The summed E-state index contributed by atoms with van der Waals surface area (Å²) in [6.07, 6.45) is 8.48. The number of halogens is 1. The number of aromatic amines is 1. The number of carbonyl (C=O) groups excluding carboxylic acids is 1. The number of ketones is 1. The average Bonchev–Trinajstić information content (AvgIpc) is 3.02. The highest BCUT2D eigenvalue weighted by Crippen LogP contribution is 2.22. The summed E-state index contributed by atoms with van der Waals surface area (Å²) in [5, 5.41) is 2.78. The Morgan fingerprint density at radius 3 is 2.96 bits per heavy atom. The summed E-state index contributed by atoms with van der Waals surface area (Å²) in [6, 6.07) is 12.1. The van der Waals surface area contributed by atoms with Crippen molar-refractivity contribution in [3.63, 3.8) is 0 Å². The lowest BCUT2D eigenvalue weighted by Crippen LogP contribution is -1.92. The molecule has 4 rings (SSSR count). The molecule has 0 aliphatic rings. The Labute approximate surface area is 137 Å². The van der Waals surface area contributed by atoms with Gasteiger partial charge in [-0.05, 0) is 41.3 Å². The van der Waals surface area contributed by atoms with Gasteiger partial charge in [-0.15, -0.1) is 0 Å². The Kier molecular flexibility index (Phi) is 3.43. The second-order valence-corrected chi connectivity index (χ2v) is 5.53. The Hall–Kier alpha value is -3.27. The predicted molar refractivity (Wildman–Crippen MR) is 93.4 cm³/mol. The molecular formula is C20H13FN2O. The van der Waals surface area contributed by atoms with Crippen LogP contribution in [0.2, 0.25) is 0 Å². The van der Waals surface area contributed by atoms with Gasteiger partial charge in [0.2, 0.25) is 0 Å². The van der Waals surface area contributed by atoms with Crippen LogP contribution in [0.15, 0.2) is 67.1 Å². The number of carbonyl (C=O) groups is 1. The van der Waals surface area contributed by atoms with E-state index < -0.39 is 0 Å². The highest BCUT2D eigenvalue weighted by Gasteiger charge is 2.10. The second-order valence-electron chi connectivity index (χ2n) is 5.53. The molecule has 0 spiro atoms. The minimum atomic E-state index is -0.330. The highest BCUT2D eigenvalue weighted by atomic mass is 19.1. The van der Waals surface area contributed by atoms with Gasteiger partial charge in [0.05, 0.1) is 0 Å². The molecule has 0 fully saturated rings. The van der Waals surface area contributed by atoms with Crippen molar-refractivity contribution < 1.29 is 9.18 Å². The number of fused-ring (bicyclic) bond motifs is 2. The smallest absolute Gasteiger partial charge is 0.188 e. The van der Waals surface area contributed by atoms with Crippen LogP contribution in [0.1, 0.15) is 15.9 Å². The zero-order valence-corrected chi connectivity index (χ0v) is 12.7. The van der Waals surface area contributed by atoms with Crippen molar-refractivity contribution in [1.82, 2.24) is 9.97 Å². The minimum Gasteiger partial charge on any atom is -0.360 e. The van der Waals surface area contributed by atoms with E-state index in [1.54, 1.807) is 36.8 Å². The summed E-state index contributed by atoms with van der Waals surface area (Å²) in [4.78, 5) is 19.5. The Morgan fingerprint density at radius 2 is 2.04 bits per heavy atom. The largest absolute Gasteiger partial charge is 0.360 e. The van der Waals surface area contributed by atoms with E-state index in [1.165, 1.54) is 12.1 Å². The van der Waals surface area contributed by atoms with Crippen molar-refractivity contribution in [2.24, 2.45) is 0 Å². The third-order valence-electron chi connectivity index (χ3n) is 4.04. The molecule has 0 amide bonds. The van der Waals surface area contributed by atoms with E-state index in [4.69, 9.17) is 0 Å². The predicted octanol–water partition coefficient (Wildman–Crippen LogP) is 4.75. The molecule has 0 saturated carbocycles. The van der Waals surface area contributed by atoms with Crippen LogP contribution in [-0.4, -0.2) is 15.8 Å². The number of aromatic nitrogens is 2. The number of nitrogens with zero attached hydrogens (tertiary/aromatic N) is 1. The van der Waals surface area contributed by atoms with Crippen molar-refractivity contribution in [2.75, 3.05) is 0 Å². The van der Waals surface area contributed by atoms with Crippen molar-refractivity contribution in [3.8, 4) is 0 Å². The third-order valence-corrected chi connectivity index (χ3v) is 4.04. The molecule has 0 aliphatic heterocycles. The van der Waals surface area contributed by atoms with E-state index >= 15 is 0 Å². The second kappa shape index (κ2) is 5.74. The number of allylic oxidation sites excluding steroid dienone is 1. The standard InChI is InChI=1S/C20H13FN2O/c21-15-5-6-17-18(12-23-19(17)10-15)20(24)7-4-13-2-1-3-14-11-22-9-8-16(13)14/h1-12,23H/b7-4+. The molecule has 0 radical (unpaired) electrons. The summed E-state index contributed by atoms with van der Waals surface area (Å²) in [7, 11) is 0. The lowest BCUT2D eigenvalue weighted by molar-refractivity contribution is 0.104. The van der Waals surface area contributed by atoms with Crippen LogP contribution in [0.4, 0.5) is 4.39 Å². The first-order valence-electron chi connectivity index (χ1n) is 7.54. The number of H-pyrrole nitrogens is 1. The summed E-state index contributed by atoms with van der Waals surface area (Å²) < 4.78 is 13.2. The highest BCUT2D eigenvalue weighted by molar-refractivity contribution is 6.15. The molecule has 4 aromatic rings. The van der Waals surface area contributed by atoms with Gasteiger partial charge < -0.3 is 4.98 Å². The van der Waals surface area contributed by atoms with Crippen molar-refractivity contribution >= 4 is 33.5 Å². The molecule has 2 heterocycles. The van der Waals surface area contributed by atoms with E-state index in [1.807, 2.05) is 24.3 Å². The fourth-order valence-corrected chi connectivity index (χ4v) is 2.85. The monoisotopic (exact) mass is 316 g/mol. The van der Waals surface area contributed by atoms with Crippen molar-refractivity contribution in [1.29, 1.82) is 0 Å². The average molecular weight is 316 g/mol. The number of hydrogen-bond acceptors (Lipinski definition) is 2. The van der Waals surface area contributed by atoms with E-state index in [9.17, 15) is 9.18 Å². The van der Waals surface area contributed by atoms with Gasteiger partial charge in [-0.3, -0.25) is 9.78 Å². The molecule has 0 bridgehead atoms. The van der Waals surface area contributed by atoms with Gasteiger partial charge in [-0.1, -0.05) is 24.3 Å². The van der Waals surface area contributed by atoms with Crippen LogP contribution in [0.3, 0.4) is 0 Å². The van der Waals surface area contributed by atoms with Gasteiger partial charge >= 0.3 is 0 Å². The number of nitrogens with one attached hydrogen (secondary N) is 1. The lowest BCUT2D eigenvalue weighted by atomic mass is 10.0. The van der Waals surface area contributed by atoms with E-state index in [0.29, 0.717) is 16.5 Å². The van der Waals surface area contributed by atoms with Crippen LogP contribution in [-0.2, 0) is 0 Å². The van der Waals surface area contributed by atoms with Crippen LogP contribution in [0.25, 0.3) is 27.8 Å². The van der Waals surface area contributed by atoms with Crippen LogP contribution >= 0.6 is 0 Å². The quantitative estimate of drug-likeness (QED) is 0.438. The van der Waals surface area contributed by atoms with Gasteiger partial charge in [0.1, 0.15) is 5.82 Å². The zero-order chi connectivity index (χ0) is 16.5. The molecule has 4 heteroatoms. The Bertz CT molecular complexity index is 1090. The number of rotatable bonds is 3. The van der Waals surface area contributed by atoms with Crippen molar-refractivity contribution in [2.45, 2.75) is 0 Å². The van der Waals surface area contributed by atoms with Gasteiger partial charge in [0.15, 0.2) is 5.78 Å². The molecule has 0 atom stereocenters. The maximum atomic E-state index is 13.2. The van der Waals surface area contributed by atoms with Crippen LogP contribution in [0, 0.1) is 5.82 Å². The van der Waals surface area contributed by atoms with Gasteiger partial charge in [-0.25, -0.2) is 4.39 Å². The Balaban J connectivity index is 1.71. The topological polar surface area (TPSA) is 45.8 Å². The summed E-state index contributed by atoms with van der Waals surface area (Å²) >= 11 is 0.